The molecule has 1 aliphatic carbocycles. The highest BCUT2D eigenvalue weighted by molar-refractivity contribution is 7.91. The molecular weight excluding hydrogens is 410 g/mol. The molecule has 1 aliphatic heterocycles. The summed E-state index contributed by atoms with van der Waals surface area (Å²) in [5.74, 6) is -0.267. The SMILES string of the molecule is Cn1c(=O)c2c(nc(Cl)n2CC(=O)N(C2CC2)[C@@H]2CCS(=O)(=O)C2)n(C)c1=O. The maximum absolute atomic E-state index is 13.1. The van der Waals surface area contributed by atoms with E-state index in [-0.39, 0.29) is 52.5 Å². The van der Waals surface area contributed by atoms with Crippen LogP contribution in [0.4, 0.5) is 0 Å². The van der Waals surface area contributed by atoms with Gasteiger partial charge in [0.05, 0.1) is 11.5 Å². The average molecular weight is 430 g/mol. The van der Waals surface area contributed by atoms with Crippen LogP contribution in [0, 0.1) is 0 Å². The lowest BCUT2D eigenvalue weighted by Gasteiger charge is -2.28. The summed E-state index contributed by atoms with van der Waals surface area (Å²) in [7, 11) is -0.322. The van der Waals surface area contributed by atoms with Gasteiger partial charge in [0.25, 0.3) is 5.56 Å². The summed E-state index contributed by atoms with van der Waals surface area (Å²) in [5, 5.41) is -0.0727. The molecule has 4 rings (SSSR count). The first kappa shape index (κ1) is 19.2. The minimum absolute atomic E-state index is 0.0200. The second-order valence-electron chi connectivity index (χ2n) is 7.43. The Morgan fingerprint density at radius 3 is 2.43 bits per heavy atom. The van der Waals surface area contributed by atoms with Crippen molar-refractivity contribution in [1.29, 1.82) is 0 Å². The summed E-state index contributed by atoms with van der Waals surface area (Å²) in [4.78, 5) is 43.5. The molecule has 152 valence electrons. The Hall–Kier alpha value is -2.14. The second-order valence-corrected chi connectivity index (χ2v) is 10.0. The van der Waals surface area contributed by atoms with Gasteiger partial charge in [0, 0.05) is 26.2 Å². The summed E-state index contributed by atoms with van der Waals surface area (Å²) in [5.41, 5.74) is -0.960. The van der Waals surface area contributed by atoms with E-state index in [1.54, 1.807) is 4.90 Å². The molecule has 0 radical (unpaired) electrons. The van der Waals surface area contributed by atoms with Crippen molar-refractivity contribution in [2.45, 2.75) is 37.9 Å². The van der Waals surface area contributed by atoms with Gasteiger partial charge in [-0.05, 0) is 30.9 Å². The number of hydrogen-bond acceptors (Lipinski definition) is 6. The molecule has 0 spiro atoms. The number of sulfone groups is 1. The highest BCUT2D eigenvalue weighted by Crippen LogP contribution is 2.32. The van der Waals surface area contributed by atoms with Crippen molar-refractivity contribution in [3.8, 4) is 0 Å². The van der Waals surface area contributed by atoms with Gasteiger partial charge in [0.1, 0.15) is 6.54 Å². The highest BCUT2D eigenvalue weighted by Gasteiger charge is 2.42. The summed E-state index contributed by atoms with van der Waals surface area (Å²) in [6.45, 7) is -0.240. The standard InChI is InChI=1S/C16H20ClN5O5S/c1-19-13-12(14(24)20(2)16(19)25)21(15(17)18-13)7-11(23)22(9-3-4-9)10-5-6-28(26,27)8-10/h9-10H,3-8H2,1-2H3/t10-/m1/s1. The largest absolute Gasteiger partial charge is 0.334 e. The Morgan fingerprint density at radius 1 is 1.18 bits per heavy atom. The predicted molar refractivity (Wildman–Crippen MR) is 102 cm³/mol. The number of imidazole rings is 1. The molecule has 10 nitrogen and oxygen atoms in total. The van der Waals surface area contributed by atoms with Gasteiger partial charge in [-0.1, -0.05) is 0 Å². The molecule has 2 aromatic rings. The van der Waals surface area contributed by atoms with Crippen LogP contribution in [0.2, 0.25) is 5.28 Å². The van der Waals surface area contributed by atoms with Crippen molar-refractivity contribution in [3.05, 3.63) is 26.1 Å². The Labute approximate surface area is 165 Å². The third-order valence-corrected chi connectivity index (χ3v) is 7.46. The topological polar surface area (TPSA) is 116 Å². The Balaban J connectivity index is 1.73. The molecule has 0 aromatic carbocycles. The first-order chi connectivity index (χ1) is 13.1. The summed E-state index contributed by atoms with van der Waals surface area (Å²) < 4.78 is 27.1. The van der Waals surface area contributed by atoms with Gasteiger partial charge in [-0.3, -0.25) is 23.3 Å². The molecule has 0 unspecified atom stereocenters. The van der Waals surface area contributed by atoms with Crippen LogP contribution in [0.1, 0.15) is 19.3 Å². The van der Waals surface area contributed by atoms with Crippen molar-refractivity contribution >= 4 is 38.5 Å². The van der Waals surface area contributed by atoms with Crippen LogP contribution in [0.25, 0.3) is 11.2 Å². The normalized spacial score (nSPS) is 21.3. The molecule has 28 heavy (non-hydrogen) atoms. The Morgan fingerprint density at radius 2 is 1.86 bits per heavy atom. The van der Waals surface area contributed by atoms with Crippen molar-refractivity contribution in [2.75, 3.05) is 11.5 Å². The van der Waals surface area contributed by atoms with Crippen LogP contribution in [-0.2, 0) is 35.3 Å². The van der Waals surface area contributed by atoms with Gasteiger partial charge in [-0.2, -0.15) is 4.98 Å². The van der Waals surface area contributed by atoms with E-state index >= 15 is 0 Å². The van der Waals surface area contributed by atoms with Crippen LogP contribution < -0.4 is 11.2 Å². The van der Waals surface area contributed by atoms with Crippen LogP contribution >= 0.6 is 11.6 Å². The molecular formula is C16H20ClN5O5S. The number of nitrogens with zero attached hydrogens (tertiary/aromatic N) is 5. The maximum Gasteiger partial charge on any atom is 0.332 e. The van der Waals surface area contributed by atoms with E-state index in [4.69, 9.17) is 11.6 Å². The number of fused-ring (bicyclic) bond motifs is 1. The second kappa shape index (κ2) is 6.45. The number of aromatic nitrogens is 4. The van der Waals surface area contributed by atoms with Gasteiger partial charge >= 0.3 is 5.69 Å². The molecule has 0 N–H and O–H groups in total. The highest BCUT2D eigenvalue weighted by atomic mass is 35.5. The predicted octanol–water partition coefficient (Wildman–Crippen LogP) is -0.735. The van der Waals surface area contributed by atoms with Gasteiger partial charge in [0.2, 0.25) is 11.2 Å². The van der Waals surface area contributed by atoms with Crippen LogP contribution in [-0.4, -0.2) is 61.5 Å². The number of rotatable bonds is 4. The molecule has 1 atom stereocenters. The number of amides is 1. The molecule has 3 heterocycles. The van der Waals surface area contributed by atoms with Crippen LogP contribution in [0.5, 0.6) is 0 Å². The molecule has 1 amide bonds. The van der Waals surface area contributed by atoms with Gasteiger partial charge in [-0.25, -0.2) is 13.2 Å². The zero-order valence-corrected chi connectivity index (χ0v) is 17.0. The van der Waals surface area contributed by atoms with Crippen LogP contribution in [0.3, 0.4) is 0 Å². The lowest BCUT2D eigenvalue weighted by atomic mass is 10.2. The molecule has 2 aliphatic rings. The fraction of sp³-hybridized carbons (Fsp3) is 0.625. The molecule has 12 heteroatoms. The fourth-order valence-electron chi connectivity index (χ4n) is 3.83. The Bertz CT molecular complexity index is 1210. The lowest BCUT2D eigenvalue weighted by molar-refractivity contribution is -0.134. The van der Waals surface area contributed by atoms with E-state index in [0.717, 1.165) is 17.4 Å². The quantitative estimate of drug-likeness (QED) is 0.591. The van der Waals surface area contributed by atoms with Crippen molar-refractivity contribution < 1.29 is 13.2 Å². The first-order valence-electron chi connectivity index (χ1n) is 8.94. The third-order valence-electron chi connectivity index (χ3n) is 5.42. The number of carbonyl (C=O) groups is 1. The summed E-state index contributed by atoms with van der Waals surface area (Å²) in [6, 6.07) is -0.336. The van der Waals surface area contributed by atoms with E-state index in [1.807, 2.05) is 0 Å². The van der Waals surface area contributed by atoms with E-state index in [2.05, 4.69) is 4.98 Å². The van der Waals surface area contributed by atoms with Gasteiger partial charge in [-0.15, -0.1) is 0 Å². The fourth-order valence-corrected chi connectivity index (χ4v) is 5.77. The minimum atomic E-state index is -3.14. The lowest BCUT2D eigenvalue weighted by Crippen LogP contribution is -2.44. The van der Waals surface area contributed by atoms with Gasteiger partial charge < -0.3 is 4.90 Å². The number of carbonyl (C=O) groups excluding carboxylic acids is 1. The molecule has 1 saturated carbocycles. The zero-order chi connectivity index (χ0) is 20.4. The number of hydrogen-bond donors (Lipinski definition) is 0. The van der Waals surface area contributed by atoms with Crippen molar-refractivity contribution in [2.24, 2.45) is 14.1 Å². The molecule has 2 aromatic heterocycles. The zero-order valence-electron chi connectivity index (χ0n) is 15.5. The summed E-state index contributed by atoms with van der Waals surface area (Å²) >= 11 is 6.19. The van der Waals surface area contributed by atoms with Crippen molar-refractivity contribution in [1.82, 2.24) is 23.6 Å². The summed E-state index contributed by atoms with van der Waals surface area (Å²) in [6.07, 6.45) is 2.08. The maximum atomic E-state index is 13.1. The molecule has 0 bridgehead atoms. The van der Waals surface area contributed by atoms with Gasteiger partial charge in [0.15, 0.2) is 21.0 Å². The van der Waals surface area contributed by atoms with Crippen LogP contribution in [0.15, 0.2) is 9.59 Å². The third kappa shape index (κ3) is 3.06. The number of halogens is 1. The van der Waals surface area contributed by atoms with Crippen molar-refractivity contribution in [3.63, 3.8) is 0 Å². The first-order valence-corrected chi connectivity index (χ1v) is 11.1. The average Bonchev–Trinajstić information content (AvgIpc) is 3.31. The number of aryl methyl sites for hydroxylation is 1. The smallest absolute Gasteiger partial charge is 0.332 e. The Kier molecular flexibility index (Phi) is 4.42. The van der Waals surface area contributed by atoms with E-state index in [1.165, 1.54) is 23.2 Å². The monoisotopic (exact) mass is 429 g/mol. The molecule has 1 saturated heterocycles. The van der Waals surface area contributed by atoms with E-state index in [0.29, 0.717) is 6.42 Å². The molecule has 2 fully saturated rings. The minimum Gasteiger partial charge on any atom is -0.334 e. The van der Waals surface area contributed by atoms with E-state index in [9.17, 15) is 22.8 Å². The van der Waals surface area contributed by atoms with E-state index < -0.39 is 21.1 Å².